The first-order valence-electron chi connectivity index (χ1n) is 8.22. The van der Waals surface area contributed by atoms with Crippen LogP contribution < -0.4 is 10.2 Å². The highest BCUT2D eigenvalue weighted by Crippen LogP contribution is 2.22. The van der Waals surface area contributed by atoms with Gasteiger partial charge in [0, 0.05) is 25.7 Å². The van der Waals surface area contributed by atoms with Crippen LogP contribution in [0.4, 0.5) is 0 Å². The third-order valence-electron chi connectivity index (χ3n) is 4.53. The molecule has 1 aromatic carbocycles. The van der Waals surface area contributed by atoms with Crippen LogP contribution in [-0.2, 0) is 11.2 Å². The zero-order chi connectivity index (χ0) is 15.4. The lowest BCUT2D eigenvalue weighted by Gasteiger charge is -2.20. The van der Waals surface area contributed by atoms with Crippen molar-refractivity contribution >= 4 is 27.5 Å². The summed E-state index contributed by atoms with van der Waals surface area (Å²) in [6, 6.07) is 8.75. The highest BCUT2D eigenvalue weighted by molar-refractivity contribution is 7.18. The number of aromatic nitrogens is 1. The minimum absolute atomic E-state index is 0.154. The lowest BCUT2D eigenvalue weighted by Crippen LogP contribution is -3.14. The van der Waals surface area contributed by atoms with E-state index in [1.54, 1.807) is 16.2 Å². The summed E-state index contributed by atoms with van der Waals surface area (Å²) in [6.45, 7) is 5.46. The second-order valence-corrected chi connectivity index (χ2v) is 7.10. The molecule has 0 bridgehead atoms. The molecular weight excluding hydrogens is 294 g/mol. The monoisotopic (exact) mass is 318 g/mol. The Kier molecular flexibility index (Phi) is 5.05. The minimum Gasteiger partial charge on any atom is -0.350 e. The molecule has 22 heavy (non-hydrogen) atoms. The van der Waals surface area contributed by atoms with Gasteiger partial charge in [-0.2, -0.15) is 0 Å². The Morgan fingerprint density at radius 2 is 2.32 bits per heavy atom. The smallest absolute Gasteiger partial charge is 0.220 e. The second kappa shape index (κ2) is 7.20. The van der Waals surface area contributed by atoms with Gasteiger partial charge in [-0.15, -0.1) is 11.3 Å². The molecule has 1 saturated heterocycles. The number of likely N-dealkylation sites (tertiary alicyclic amines) is 1. The molecule has 1 aromatic heterocycles. The van der Waals surface area contributed by atoms with Crippen molar-refractivity contribution in [2.45, 2.75) is 38.6 Å². The van der Waals surface area contributed by atoms with Gasteiger partial charge in [-0.1, -0.05) is 12.1 Å². The first kappa shape index (κ1) is 15.4. The summed E-state index contributed by atoms with van der Waals surface area (Å²) in [5.74, 6) is 0.154. The third-order valence-corrected chi connectivity index (χ3v) is 5.63. The predicted octanol–water partition coefficient (Wildman–Crippen LogP) is 1.41. The van der Waals surface area contributed by atoms with Crippen LogP contribution in [0, 0.1) is 0 Å². The predicted molar refractivity (Wildman–Crippen MR) is 90.3 cm³/mol. The van der Waals surface area contributed by atoms with E-state index in [1.807, 2.05) is 18.2 Å². The Bertz CT molecular complexity index is 607. The van der Waals surface area contributed by atoms with Crippen molar-refractivity contribution in [3.8, 4) is 0 Å². The Morgan fingerprint density at radius 3 is 3.14 bits per heavy atom. The molecule has 0 saturated carbocycles. The summed E-state index contributed by atoms with van der Waals surface area (Å²) in [4.78, 5) is 18.3. The first-order valence-corrected chi connectivity index (χ1v) is 9.03. The van der Waals surface area contributed by atoms with Crippen molar-refractivity contribution in [1.82, 2.24) is 10.3 Å². The van der Waals surface area contributed by atoms with Crippen molar-refractivity contribution in [1.29, 1.82) is 0 Å². The molecule has 1 unspecified atom stereocenters. The Labute approximate surface area is 135 Å². The molecule has 1 aliphatic rings. The number of nitrogens with zero attached hydrogens (tertiary/aromatic N) is 1. The van der Waals surface area contributed by atoms with Crippen LogP contribution in [0.25, 0.3) is 10.2 Å². The number of hydrogen-bond donors (Lipinski definition) is 2. The van der Waals surface area contributed by atoms with Crippen LogP contribution in [0.5, 0.6) is 0 Å². The molecule has 2 atom stereocenters. The molecule has 2 N–H and O–H groups in total. The highest BCUT2D eigenvalue weighted by atomic mass is 32.1. The van der Waals surface area contributed by atoms with Gasteiger partial charge in [-0.3, -0.25) is 4.79 Å². The van der Waals surface area contributed by atoms with Gasteiger partial charge >= 0.3 is 0 Å². The zero-order valence-corrected chi connectivity index (χ0v) is 13.9. The number of amides is 1. The van der Waals surface area contributed by atoms with Gasteiger partial charge in [-0.05, 0) is 19.1 Å². The van der Waals surface area contributed by atoms with Crippen LogP contribution in [-0.4, -0.2) is 36.6 Å². The number of quaternary nitrogens is 1. The van der Waals surface area contributed by atoms with E-state index in [0.29, 0.717) is 12.5 Å². The number of aryl methyl sites for hydroxylation is 1. The molecule has 1 fully saturated rings. The van der Waals surface area contributed by atoms with Crippen LogP contribution >= 0.6 is 11.3 Å². The number of fused-ring (bicyclic) bond motifs is 1. The fourth-order valence-electron chi connectivity index (χ4n) is 3.27. The van der Waals surface area contributed by atoms with E-state index < -0.39 is 0 Å². The van der Waals surface area contributed by atoms with Gasteiger partial charge < -0.3 is 10.2 Å². The number of likely N-dealkylation sites (N-methyl/N-ethyl adjacent to an activating group) is 1. The van der Waals surface area contributed by atoms with Gasteiger partial charge in [0.2, 0.25) is 5.91 Å². The van der Waals surface area contributed by atoms with Crippen LogP contribution in [0.3, 0.4) is 0 Å². The lowest BCUT2D eigenvalue weighted by atomic mass is 10.2. The summed E-state index contributed by atoms with van der Waals surface area (Å²) < 4.78 is 1.20. The fraction of sp³-hybridized carbons (Fsp3) is 0.529. The SMILES string of the molecule is CC[NH+]1CCC[C@@H]1CNC(=O)CCc1nc2ccccc2s1. The molecule has 2 heterocycles. The second-order valence-electron chi connectivity index (χ2n) is 5.98. The number of hydrogen-bond acceptors (Lipinski definition) is 3. The minimum atomic E-state index is 0.154. The van der Waals surface area contributed by atoms with Crippen LogP contribution in [0.15, 0.2) is 24.3 Å². The Hall–Kier alpha value is -1.46. The number of para-hydroxylation sites is 1. The van der Waals surface area contributed by atoms with E-state index in [9.17, 15) is 4.79 Å². The average Bonchev–Trinajstić information content (AvgIpc) is 3.16. The first-order chi connectivity index (χ1) is 10.8. The molecule has 4 nitrogen and oxygen atoms in total. The zero-order valence-electron chi connectivity index (χ0n) is 13.1. The van der Waals surface area contributed by atoms with Gasteiger partial charge in [0.25, 0.3) is 0 Å². The summed E-state index contributed by atoms with van der Waals surface area (Å²) in [5, 5.41) is 4.16. The number of rotatable bonds is 6. The van der Waals surface area contributed by atoms with E-state index in [1.165, 1.54) is 24.1 Å². The highest BCUT2D eigenvalue weighted by Gasteiger charge is 2.26. The van der Waals surface area contributed by atoms with Crippen molar-refractivity contribution in [3.63, 3.8) is 0 Å². The average molecular weight is 318 g/mol. The van der Waals surface area contributed by atoms with Crippen molar-refractivity contribution in [2.24, 2.45) is 0 Å². The molecular formula is C17H24N3OS+. The van der Waals surface area contributed by atoms with E-state index in [2.05, 4.69) is 23.3 Å². The lowest BCUT2D eigenvalue weighted by molar-refractivity contribution is -0.909. The molecule has 0 spiro atoms. The number of thiazole rings is 1. The van der Waals surface area contributed by atoms with Gasteiger partial charge in [0.05, 0.1) is 34.9 Å². The maximum Gasteiger partial charge on any atom is 0.220 e. The molecule has 3 rings (SSSR count). The third kappa shape index (κ3) is 3.65. The largest absolute Gasteiger partial charge is 0.350 e. The van der Waals surface area contributed by atoms with Gasteiger partial charge in [0.1, 0.15) is 6.04 Å². The molecule has 118 valence electrons. The number of benzene rings is 1. The molecule has 0 aliphatic carbocycles. The normalized spacial score (nSPS) is 21.3. The summed E-state index contributed by atoms with van der Waals surface area (Å²) in [7, 11) is 0. The maximum absolute atomic E-state index is 12.0. The standard InChI is InChI=1S/C17H23N3OS/c1-2-20-11-5-6-13(20)12-18-16(21)9-10-17-19-14-7-3-4-8-15(14)22-17/h3-4,7-8,13H,2,5-6,9-12H2,1H3,(H,18,21)/p+1/t13-/m1/s1. The quantitative estimate of drug-likeness (QED) is 0.846. The van der Waals surface area contributed by atoms with Gasteiger partial charge in [-0.25, -0.2) is 4.98 Å². The van der Waals surface area contributed by atoms with E-state index in [0.717, 1.165) is 30.0 Å². The van der Waals surface area contributed by atoms with E-state index in [-0.39, 0.29) is 5.91 Å². The molecule has 1 aliphatic heterocycles. The van der Waals surface area contributed by atoms with E-state index in [4.69, 9.17) is 0 Å². The van der Waals surface area contributed by atoms with Crippen molar-refractivity contribution in [3.05, 3.63) is 29.3 Å². The van der Waals surface area contributed by atoms with E-state index >= 15 is 0 Å². The van der Waals surface area contributed by atoms with Crippen molar-refractivity contribution < 1.29 is 9.69 Å². The van der Waals surface area contributed by atoms with Gasteiger partial charge in [0.15, 0.2) is 0 Å². The van der Waals surface area contributed by atoms with Crippen molar-refractivity contribution in [2.75, 3.05) is 19.6 Å². The van der Waals surface area contributed by atoms with Crippen LogP contribution in [0.2, 0.25) is 0 Å². The molecule has 5 heteroatoms. The fourth-order valence-corrected chi connectivity index (χ4v) is 4.24. The number of carbonyl (C=O) groups excluding carboxylic acids is 1. The van der Waals surface area contributed by atoms with Crippen LogP contribution in [0.1, 0.15) is 31.2 Å². The summed E-state index contributed by atoms with van der Waals surface area (Å²) in [6.07, 6.45) is 3.80. The Morgan fingerprint density at radius 1 is 1.45 bits per heavy atom. The Balaban J connectivity index is 1.46. The number of carbonyl (C=O) groups is 1. The summed E-state index contributed by atoms with van der Waals surface area (Å²) >= 11 is 1.69. The number of nitrogens with one attached hydrogen (secondary N) is 2. The molecule has 1 amide bonds. The topological polar surface area (TPSA) is 46.4 Å². The maximum atomic E-state index is 12.0. The molecule has 0 radical (unpaired) electrons. The molecule has 2 aromatic rings. The summed E-state index contributed by atoms with van der Waals surface area (Å²) in [5.41, 5.74) is 1.04.